The van der Waals surface area contributed by atoms with Crippen LogP contribution in [0, 0.1) is 0 Å². The third-order valence-corrected chi connectivity index (χ3v) is 9.96. The SMILES string of the molecule is CCOC(=O)NC(=Nc1ccc(CO[Si](C)(C)C(C)(C)C)cc1Cl)SCC=O. The van der Waals surface area contributed by atoms with E-state index in [-0.39, 0.29) is 22.6 Å². The highest BCUT2D eigenvalue weighted by Gasteiger charge is 2.37. The molecule has 9 heteroatoms. The van der Waals surface area contributed by atoms with Gasteiger partial charge in [-0.25, -0.2) is 9.79 Å². The quantitative estimate of drug-likeness (QED) is 0.259. The van der Waals surface area contributed by atoms with Crippen LogP contribution in [0.5, 0.6) is 0 Å². The summed E-state index contributed by atoms with van der Waals surface area (Å²) in [5.74, 6) is 0.154. The van der Waals surface area contributed by atoms with Crippen molar-refractivity contribution in [3.63, 3.8) is 0 Å². The van der Waals surface area contributed by atoms with E-state index in [1.165, 1.54) is 0 Å². The summed E-state index contributed by atoms with van der Waals surface area (Å²) in [6.07, 6.45) is 0.103. The maximum atomic E-state index is 11.6. The van der Waals surface area contributed by atoms with E-state index in [0.717, 1.165) is 23.6 Å². The van der Waals surface area contributed by atoms with Crippen LogP contribution in [0.3, 0.4) is 0 Å². The van der Waals surface area contributed by atoms with E-state index in [1.54, 1.807) is 19.1 Å². The number of carbonyl (C=O) groups is 2. The van der Waals surface area contributed by atoms with Gasteiger partial charge in [-0.1, -0.05) is 50.2 Å². The van der Waals surface area contributed by atoms with Gasteiger partial charge in [0.2, 0.25) is 0 Å². The van der Waals surface area contributed by atoms with E-state index in [0.29, 0.717) is 17.3 Å². The Kier molecular flexibility index (Phi) is 9.69. The lowest BCUT2D eigenvalue weighted by Gasteiger charge is -2.36. The molecular weight excluding hydrogens is 416 g/mol. The second-order valence-corrected chi connectivity index (χ2v) is 13.8. The predicted molar refractivity (Wildman–Crippen MR) is 119 cm³/mol. The topological polar surface area (TPSA) is 77.0 Å². The van der Waals surface area contributed by atoms with Crippen LogP contribution in [0.25, 0.3) is 0 Å². The zero-order chi connectivity index (χ0) is 21.4. The Morgan fingerprint density at radius 2 is 2.04 bits per heavy atom. The van der Waals surface area contributed by atoms with Gasteiger partial charge in [-0.2, -0.15) is 0 Å². The highest BCUT2D eigenvalue weighted by molar-refractivity contribution is 8.14. The van der Waals surface area contributed by atoms with Gasteiger partial charge in [-0.05, 0) is 42.8 Å². The lowest BCUT2D eigenvalue weighted by molar-refractivity contribution is -0.105. The molecule has 0 aromatic heterocycles. The van der Waals surface area contributed by atoms with Gasteiger partial charge in [0.05, 0.1) is 29.7 Å². The number of amidine groups is 1. The number of aliphatic imine (C=N–C) groups is 1. The minimum atomic E-state index is -1.85. The first-order chi connectivity index (χ1) is 13.0. The number of nitrogens with zero attached hydrogens (tertiary/aromatic N) is 1. The minimum Gasteiger partial charge on any atom is -0.450 e. The van der Waals surface area contributed by atoms with E-state index >= 15 is 0 Å². The van der Waals surface area contributed by atoms with Crippen molar-refractivity contribution in [3.8, 4) is 0 Å². The number of rotatable bonds is 7. The van der Waals surface area contributed by atoms with Gasteiger partial charge in [0.1, 0.15) is 6.29 Å². The summed E-state index contributed by atoms with van der Waals surface area (Å²) in [4.78, 5) is 26.6. The smallest absolute Gasteiger partial charge is 0.413 e. The van der Waals surface area contributed by atoms with Crippen LogP contribution in [0.4, 0.5) is 10.5 Å². The molecule has 0 saturated carbocycles. The molecule has 1 aromatic carbocycles. The van der Waals surface area contributed by atoms with Crippen molar-refractivity contribution in [1.29, 1.82) is 0 Å². The Labute approximate surface area is 177 Å². The fourth-order valence-corrected chi connectivity index (χ4v) is 3.53. The number of halogens is 1. The maximum Gasteiger partial charge on any atom is 0.413 e. The molecule has 1 N–H and O–H groups in total. The molecule has 6 nitrogen and oxygen atoms in total. The minimum absolute atomic E-state index is 0.129. The van der Waals surface area contributed by atoms with Crippen LogP contribution >= 0.6 is 23.4 Å². The Morgan fingerprint density at radius 3 is 2.57 bits per heavy atom. The molecule has 0 bridgehead atoms. The van der Waals surface area contributed by atoms with Crippen LogP contribution < -0.4 is 5.32 Å². The van der Waals surface area contributed by atoms with Crippen molar-refractivity contribution in [2.45, 2.75) is 52.4 Å². The molecule has 0 atom stereocenters. The van der Waals surface area contributed by atoms with Gasteiger partial charge in [0, 0.05) is 0 Å². The molecule has 0 radical (unpaired) electrons. The number of alkyl carbamates (subject to hydrolysis) is 1. The first kappa shape index (κ1) is 24.7. The molecule has 0 aliphatic rings. The number of amides is 1. The molecule has 0 fully saturated rings. The first-order valence-electron chi connectivity index (χ1n) is 9.01. The van der Waals surface area contributed by atoms with Crippen molar-refractivity contribution < 1.29 is 18.8 Å². The molecule has 0 heterocycles. The largest absolute Gasteiger partial charge is 0.450 e. The van der Waals surface area contributed by atoms with Crippen molar-refractivity contribution in [1.82, 2.24) is 5.32 Å². The normalized spacial score (nSPS) is 12.6. The summed E-state index contributed by atoms with van der Waals surface area (Å²) in [6, 6.07) is 5.46. The molecule has 1 rings (SSSR count). The second kappa shape index (κ2) is 11.0. The number of aldehydes is 1. The van der Waals surface area contributed by atoms with Gasteiger partial charge < -0.3 is 14.0 Å². The monoisotopic (exact) mass is 444 g/mol. The third-order valence-electron chi connectivity index (χ3n) is 4.41. The number of ether oxygens (including phenoxy) is 1. The highest BCUT2D eigenvalue weighted by atomic mass is 35.5. The van der Waals surface area contributed by atoms with Gasteiger partial charge in [-0.3, -0.25) is 5.32 Å². The molecule has 1 aromatic rings. The molecule has 1 amide bonds. The zero-order valence-electron chi connectivity index (χ0n) is 17.3. The first-order valence-corrected chi connectivity index (χ1v) is 13.3. The maximum absolute atomic E-state index is 11.6. The Balaban J connectivity index is 2.94. The van der Waals surface area contributed by atoms with Crippen LogP contribution in [-0.2, 0) is 20.6 Å². The Morgan fingerprint density at radius 1 is 1.36 bits per heavy atom. The van der Waals surface area contributed by atoms with Gasteiger partial charge in [0.25, 0.3) is 0 Å². The lowest BCUT2D eigenvalue weighted by Crippen LogP contribution is -2.40. The molecule has 0 saturated heterocycles. The Bertz CT molecular complexity index is 720. The lowest BCUT2D eigenvalue weighted by atomic mass is 10.2. The standard InChI is InChI=1S/C19H29ClN2O4SSi/c1-7-25-18(24)22-17(27-11-10-23)21-16-9-8-14(12-15(16)20)13-26-28(5,6)19(2,3)4/h8-10,12H,7,11,13H2,1-6H3,(H,21,22,24). The Hall–Kier alpha value is -1.35. The van der Waals surface area contributed by atoms with Gasteiger partial charge in [-0.15, -0.1) is 0 Å². The molecule has 28 heavy (non-hydrogen) atoms. The summed E-state index contributed by atoms with van der Waals surface area (Å²) in [5, 5.41) is 3.33. The average Bonchev–Trinajstić information content (AvgIpc) is 2.59. The molecule has 0 unspecified atom stereocenters. The van der Waals surface area contributed by atoms with E-state index in [2.05, 4.69) is 44.2 Å². The number of carbonyl (C=O) groups excluding carboxylic acids is 2. The van der Waals surface area contributed by atoms with Gasteiger partial charge in [0.15, 0.2) is 13.5 Å². The summed E-state index contributed by atoms with van der Waals surface area (Å²) in [7, 11) is -1.85. The summed E-state index contributed by atoms with van der Waals surface area (Å²) >= 11 is 7.46. The van der Waals surface area contributed by atoms with Crippen molar-refractivity contribution in [2.75, 3.05) is 12.4 Å². The molecule has 0 aliphatic heterocycles. The molecule has 0 aliphatic carbocycles. The summed E-state index contributed by atoms with van der Waals surface area (Å²) in [6.45, 7) is 13.4. The molecule has 0 spiro atoms. The van der Waals surface area contributed by atoms with Crippen molar-refractivity contribution in [2.24, 2.45) is 4.99 Å². The summed E-state index contributed by atoms with van der Waals surface area (Å²) in [5.41, 5.74) is 1.44. The fourth-order valence-electron chi connectivity index (χ4n) is 1.78. The number of hydrogen-bond donors (Lipinski definition) is 1. The number of benzene rings is 1. The second-order valence-electron chi connectivity index (χ2n) is 7.57. The number of hydrogen-bond acceptors (Lipinski definition) is 6. The van der Waals surface area contributed by atoms with Gasteiger partial charge >= 0.3 is 6.09 Å². The third kappa shape index (κ3) is 7.95. The predicted octanol–water partition coefficient (Wildman–Crippen LogP) is 5.53. The van der Waals surface area contributed by atoms with Crippen LogP contribution in [0.1, 0.15) is 33.3 Å². The number of thioether (sulfide) groups is 1. The molecule has 156 valence electrons. The van der Waals surface area contributed by atoms with E-state index in [9.17, 15) is 9.59 Å². The van der Waals surface area contributed by atoms with E-state index in [4.69, 9.17) is 20.8 Å². The van der Waals surface area contributed by atoms with Crippen LogP contribution in [0.2, 0.25) is 23.2 Å². The van der Waals surface area contributed by atoms with Crippen LogP contribution in [-0.4, -0.2) is 38.2 Å². The molecular formula is C19H29ClN2O4SSi. The van der Waals surface area contributed by atoms with E-state index < -0.39 is 14.4 Å². The number of nitrogens with one attached hydrogen (secondary N) is 1. The highest BCUT2D eigenvalue weighted by Crippen LogP contribution is 2.37. The zero-order valence-corrected chi connectivity index (χ0v) is 19.9. The fraction of sp³-hybridized carbons (Fsp3) is 0.526. The van der Waals surface area contributed by atoms with Crippen molar-refractivity contribution in [3.05, 3.63) is 28.8 Å². The summed E-state index contributed by atoms with van der Waals surface area (Å²) < 4.78 is 11.1. The van der Waals surface area contributed by atoms with Crippen molar-refractivity contribution >= 4 is 54.9 Å². The van der Waals surface area contributed by atoms with E-state index in [1.807, 2.05) is 6.07 Å². The average molecular weight is 445 g/mol. The van der Waals surface area contributed by atoms with Crippen LogP contribution in [0.15, 0.2) is 23.2 Å².